The third-order valence-electron chi connectivity index (χ3n) is 9.06. The molecule has 222 valence electrons. The molecule has 0 unspecified atom stereocenters. The van der Waals surface area contributed by atoms with E-state index in [1.807, 2.05) is 6.56 Å². The van der Waals surface area contributed by atoms with Gasteiger partial charge < -0.3 is 24.8 Å². The first-order valence-electron chi connectivity index (χ1n) is 15.4. The molecule has 0 saturated carbocycles. The van der Waals surface area contributed by atoms with Gasteiger partial charge in [-0.25, -0.2) is 0 Å². The quantitative estimate of drug-likeness (QED) is 0.243. The van der Waals surface area contributed by atoms with E-state index in [2.05, 4.69) is 149 Å². The van der Waals surface area contributed by atoms with Gasteiger partial charge in [0.2, 0.25) is 0 Å². The van der Waals surface area contributed by atoms with Crippen molar-refractivity contribution in [2.45, 2.75) is 53.4 Å². The molecule has 0 atom stereocenters. The molecular formula is C40H40Cl2GeZr. The van der Waals surface area contributed by atoms with Crippen LogP contribution in [-0.2, 0) is 31.5 Å². The molecule has 0 spiro atoms. The largest absolute Gasteiger partial charge is 1.00 e. The Labute approximate surface area is 285 Å². The maximum absolute atomic E-state index is 2.56. The van der Waals surface area contributed by atoms with Crippen molar-refractivity contribution in [1.82, 2.24) is 0 Å². The first-order valence-corrected chi connectivity index (χ1v) is 27.4. The smallest absolute Gasteiger partial charge is 1.00 e. The molecule has 0 radical (unpaired) electrons. The van der Waals surface area contributed by atoms with Gasteiger partial charge in [-0.3, -0.25) is 0 Å². The standard InChI is InChI=1S/2C14H15.C12H10Ge.2ClH.Zr/c2*1-3-12-7-9-13(10-8-12)14-6-4-5-11(14)2;1-3-7-11(8-4-1)13-12-9-5-2-6-10-12;;;/h2*6-10H,3-4H2,1-2H3;1-10H;2*1H;/q;;;;;+2/p-2. The van der Waals surface area contributed by atoms with Crippen molar-refractivity contribution in [1.29, 1.82) is 0 Å². The molecule has 0 N–H and O–H groups in total. The molecule has 2 aliphatic carbocycles. The Morgan fingerprint density at radius 2 is 0.886 bits per heavy atom. The second-order valence-electron chi connectivity index (χ2n) is 11.4. The Morgan fingerprint density at radius 1 is 0.523 bits per heavy atom. The summed E-state index contributed by atoms with van der Waals surface area (Å²) in [4.78, 5) is 0. The average molecular weight is 756 g/mol. The molecule has 0 nitrogen and oxygen atoms in total. The summed E-state index contributed by atoms with van der Waals surface area (Å²) < 4.78 is 6.94. The molecule has 0 aliphatic heterocycles. The minimum Gasteiger partial charge on any atom is -1.00 e. The van der Waals surface area contributed by atoms with Gasteiger partial charge in [-0.15, -0.1) is 0 Å². The van der Waals surface area contributed by atoms with Crippen molar-refractivity contribution in [3.63, 3.8) is 0 Å². The molecule has 0 heterocycles. The van der Waals surface area contributed by atoms with Crippen molar-refractivity contribution in [2.75, 3.05) is 0 Å². The van der Waals surface area contributed by atoms with Gasteiger partial charge in [0.25, 0.3) is 0 Å². The summed E-state index contributed by atoms with van der Waals surface area (Å²) in [6.07, 6.45) is 9.53. The number of hydrogen-bond donors (Lipinski definition) is 0. The van der Waals surface area contributed by atoms with Crippen LogP contribution >= 0.6 is 0 Å². The molecule has 0 bridgehead atoms. The van der Waals surface area contributed by atoms with Crippen molar-refractivity contribution >= 4 is 29.9 Å². The number of allylic oxidation sites excluding steroid dienone is 8. The van der Waals surface area contributed by atoms with Crippen LogP contribution < -0.4 is 33.6 Å². The summed E-state index contributed by atoms with van der Waals surface area (Å²) in [5.74, 6) is 0. The maximum atomic E-state index is 2.56. The first kappa shape index (κ1) is 34.7. The second-order valence-corrected chi connectivity index (χ2v) is 32.8. The van der Waals surface area contributed by atoms with E-state index in [1.165, 1.54) is 33.4 Å². The van der Waals surface area contributed by atoms with Gasteiger partial charge in [-0.1, -0.05) is 0 Å². The summed E-state index contributed by atoms with van der Waals surface area (Å²) in [6.45, 7) is 9.36. The summed E-state index contributed by atoms with van der Waals surface area (Å²) in [5.41, 5.74) is 11.7. The van der Waals surface area contributed by atoms with Crippen LogP contribution in [0.1, 0.15) is 62.8 Å². The molecule has 4 aromatic carbocycles. The number of halogens is 2. The summed E-state index contributed by atoms with van der Waals surface area (Å²) >= 11 is -2.39. The van der Waals surface area contributed by atoms with Crippen LogP contribution in [0.4, 0.5) is 0 Å². The van der Waals surface area contributed by atoms with E-state index in [9.17, 15) is 0 Å². The van der Waals surface area contributed by atoms with E-state index in [-0.39, 0.29) is 24.8 Å². The van der Waals surface area contributed by atoms with Crippen LogP contribution in [0, 0.1) is 0 Å². The zero-order chi connectivity index (χ0) is 29.1. The van der Waals surface area contributed by atoms with Gasteiger partial charge in [0.1, 0.15) is 0 Å². The van der Waals surface area contributed by atoms with Crippen molar-refractivity contribution in [2.24, 2.45) is 0 Å². The van der Waals surface area contributed by atoms with Crippen LogP contribution in [0.3, 0.4) is 0 Å². The normalized spacial score (nSPS) is 13.9. The minimum atomic E-state index is -2.39. The van der Waals surface area contributed by atoms with Gasteiger partial charge in [0.15, 0.2) is 0 Å². The van der Waals surface area contributed by atoms with E-state index in [0.29, 0.717) is 0 Å². The molecular weight excluding hydrogens is 715 g/mol. The van der Waals surface area contributed by atoms with E-state index in [4.69, 9.17) is 0 Å². The fourth-order valence-corrected chi connectivity index (χ4v) is 43.4. The predicted molar refractivity (Wildman–Crippen MR) is 180 cm³/mol. The summed E-state index contributed by atoms with van der Waals surface area (Å²) in [6, 6.07) is 42.0. The second kappa shape index (κ2) is 15.9. The summed E-state index contributed by atoms with van der Waals surface area (Å²) in [7, 11) is -1.89. The number of benzene rings is 4. The third-order valence-corrected chi connectivity index (χ3v) is 41.0. The average Bonchev–Trinajstić information content (AvgIpc) is 3.62. The van der Waals surface area contributed by atoms with Crippen molar-refractivity contribution in [3.8, 4) is 0 Å². The van der Waals surface area contributed by atoms with Gasteiger partial charge in [-0.2, -0.15) is 0 Å². The Hall–Kier alpha value is -2.15. The molecule has 0 amide bonds. The molecule has 0 saturated heterocycles. The first-order chi connectivity index (χ1) is 20.6. The van der Waals surface area contributed by atoms with Gasteiger partial charge in [0.05, 0.1) is 0 Å². The Morgan fingerprint density at radius 3 is 1.23 bits per heavy atom. The van der Waals surface area contributed by atoms with E-state index in [0.717, 1.165) is 25.7 Å². The fraction of sp³-hybridized carbons (Fsp3) is 0.200. The third kappa shape index (κ3) is 7.13. The van der Waals surface area contributed by atoms with E-state index < -0.39 is 28.6 Å². The van der Waals surface area contributed by atoms with Crippen LogP contribution in [0.2, 0.25) is 0 Å². The zero-order valence-electron chi connectivity index (χ0n) is 26.1. The predicted octanol–water partition coefficient (Wildman–Crippen LogP) is 3.07. The van der Waals surface area contributed by atoms with Crippen LogP contribution in [0.25, 0.3) is 11.1 Å². The van der Waals surface area contributed by atoms with Crippen molar-refractivity contribution < 1.29 is 43.4 Å². The van der Waals surface area contributed by atoms with Gasteiger partial charge in [-0.05, 0) is 0 Å². The van der Waals surface area contributed by atoms with Crippen LogP contribution in [-0.4, -0.2) is 9.98 Å². The minimum absolute atomic E-state index is 0. The Balaban J connectivity index is 0.00000221. The number of aryl methyl sites for hydroxylation is 2. The van der Waals surface area contributed by atoms with Crippen molar-refractivity contribution in [3.05, 3.63) is 161 Å². The van der Waals surface area contributed by atoms with Crippen LogP contribution in [0.5, 0.6) is 0 Å². The number of rotatable bonds is 8. The SMILES string of the molecule is CCc1ccc(C2=CC[C]([Zr+2]([C]3=C(C)C(c4ccc(CC)cc4)=CC3)=[Ge]([c]3ccccc3)[c]3ccccc3)=C2C)cc1.[Cl-].[Cl-]. The van der Waals surface area contributed by atoms with Crippen LogP contribution in [0.15, 0.2) is 139 Å². The Bertz CT molecular complexity index is 1630. The molecule has 0 fully saturated rings. The zero-order valence-corrected chi connectivity index (χ0v) is 32.2. The topological polar surface area (TPSA) is 0 Å². The maximum Gasteiger partial charge on any atom is -1.00 e. The molecule has 6 rings (SSSR count). The van der Waals surface area contributed by atoms with E-state index in [1.54, 1.807) is 19.9 Å². The fourth-order valence-electron chi connectivity index (χ4n) is 6.58. The number of hydrogen-bond acceptors (Lipinski definition) is 0. The molecule has 0 aromatic heterocycles. The molecule has 44 heavy (non-hydrogen) atoms. The monoisotopic (exact) mass is 754 g/mol. The Kier molecular flexibility index (Phi) is 12.6. The van der Waals surface area contributed by atoms with E-state index >= 15 is 0 Å². The molecule has 4 heteroatoms. The molecule has 2 aliphatic rings. The summed E-state index contributed by atoms with van der Waals surface area (Å²) in [5, 5.41) is 0. The molecule has 4 aromatic rings. The van der Waals surface area contributed by atoms with Gasteiger partial charge >= 0.3 is 263 Å². The van der Waals surface area contributed by atoms with Gasteiger partial charge in [0, 0.05) is 0 Å².